The fourth-order valence-corrected chi connectivity index (χ4v) is 3.32. The standard InChI is InChI=1S/C18H29N/c1-13(2)15-8-9-16(14(3)4)17(12-15)18(19)10-6-5-7-11-18/h8-9,12-14H,5-7,10-11,19H2,1-4H3. The molecule has 1 fully saturated rings. The first-order valence-corrected chi connectivity index (χ1v) is 7.87. The molecule has 0 saturated heterocycles. The molecule has 1 saturated carbocycles. The molecule has 1 nitrogen and oxygen atoms in total. The van der Waals surface area contributed by atoms with Gasteiger partial charge in [0.15, 0.2) is 0 Å². The number of rotatable bonds is 3. The lowest BCUT2D eigenvalue weighted by molar-refractivity contribution is 0.299. The van der Waals surface area contributed by atoms with E-state index in [1.165, 1.54) is 36.0 Å². The van der Waals surface area contributed by atoms with Crippen LogP contribution in [0.15, 0.2) is 18.2 Å². The second-order valence-electron chi connectivity index (χ2n) is 6.87. The predicted octanol–water partition coefficient (Wildman–Crippen LogP) is 5.05. The number of nitrogens with two attached hydrogens (primary N) is 1. The van der Waals surface area contributed by atoms with Gasteiger partial charge in [-0.3, -0.25) is 0 Å². The molecule has 106 valence electrons. The highest BCUT2D eigenvalue weighted by molar-refractivity contribution is 5.40. The van der Waals surface area contributed by atoms with E-state index in [9.17, 15) is 0 Å². The first-order valence-electron chi connectivity index (χ1n) is 7.87. The first-order chi connectivity index (χ1) is 8.94. The zero-order valence-electron chi connectivity index (χ0n) is 13.0. The van der Waals surface area contributed by atoms with E-state index in [2.05, 4.69) is 45.9 Å². The Balaban J connectivity index is 2.47. The highest BCUT2D eigenvalue weighted by Crippen LogP contribution is 2.39. The minimum absolute atomic E-state index is 0.0806. The van der Waals surface area contributed by atoms with Gasteiger partial charge in [0.2, 0.25) is 0 Å². The molecule has 1 aromatic rings. The summed E-state index contributed by atoms with van der Waals surface area (Å²) in [5.41, 5.74) is 11.0. The first kappa shape index (κ1) is 14.6. The molecule has 0 aliphatic heterocycles. The summed E-state index contributed by atoms with van der Waals surface area (Å²) in [6, 6.07) is 7.00. The van der Waals surface area contributed by atoms with E-state index in [4.69, 9.17) is 5.73 Å². The predicted molar refractivity (Wildman–Crippen MR) is 83.6 cm³/mol. The molecule has 0 unspecified atom stereocenters. The third kappa shape index (κ3) is 3.02. The molecular weight excluding hydrogens is 230 g/mol. The second-order valence-corrected chi connectivity index (χ2v) is 6.87. The summed E-state index contributed by atoms with van der Waals surface area (Å²) in [6.45, 7) is 9.08. The lowest BCUT2D eigenvalue weighted by Crippen LogP contribution is -2.39. The van der Waals surface area contributed by atoms with Gasteiger partial charge in [-0.25, -0.2) is 0 Å². The molecule has 0 radical (unpaired) electrons. The van der Waals surface area contributed by atoms with Crippen LogP contribution in [0, 0.1) is 0 Å². The van der Waals surface area contributed by atoms with Crippen molar-refractivity contribution in [2.45, 2.75) is 77.2 Å². The molecule has 1 aromatic carbocycles. The van der Waals surface area contributed by atoms with E-state index in [0.29, 0.717) is 11.8 Å². The van der Waals surface area contributed by atoms with E-state index in [-0.39, 0.29) is 5.54 Å². The Morgan fingerprint density at radius 3 is 2.11 bits per heavy atom. The van der Waals surface area contributed by atoms with Crippen LogP contribution in [0.2, 0.25) is 0 Å². The van der Waals surface area contributed by atoms with Crippen LogP contribution >= 0.6 is 0 Å². The molecule has 0 heterocycles. The third-order valence-electron chi connectivity index (χ3n) is 4.65. The Kier molecular flexibility index (Phi) is 4.35. The normalized spacial score (nSPS) is 19.1. The average molecular weight is 259 g/mol. The van der Waals surface area contributed by atoms with Crippen LogP contribution in [0.5, 0.6) is 0 Å². The Labute approximate surface area is 118 Å². The lowest BCUT2D eigenvalue weighted by Gasteiger charge is -2.36. The van der Waals surface area contributed by atoms with E-state index < -0.39 is 0 Å². The summed E-state index contributed by atoms with van der Waals surface area (Å²) in [7, 11) is 0. The van der Waals surface area contributed by atoms with Crippen molar-refractivity contribution in [3.05, 3.63) is 34.9 Å². The van der Waals surface area contributed by atoms with Crippen molar-refractivity contribution in [3.63, 3.8) is 0 Å². The van der Waals surface area contributed by atoms with E-state index in [1.807, 2.05) is 0 Å². The molecule has 1 aliphatic carbocycles. The summed E-state index contributed by atoms with van der Waals surface area (Å²) in [5.74, 6) is 1.13. The van der Waals surface area contributed by atoms with Crippen LogP contribution in [-0.2, 0) is 5.54 Å². The van der Waals surface area contributed by atoms with Crippen molar-refractivity contribution in [1.82, 2.24) is 0 Å². The summed E-state index contributed by atoms with van der Waals surface area (Å²) >= 11 is 0. The topological polar surface area (TPSA) is 26.0 Å². The van der Waals surface area contributed by atoms with Crippen LogP contribution in [0.3, 0.4) is 0 Å². The molecule has 1 aliphatic rings. The number of hydrogen-bond acceptors (Lipinski definition) is 1. The average Bonchev–Trinajstić information content (AvgIpc) is 2.38. The monoisotopic (exact) mass is 259 g/mol. The van der Waals surface area contributed by atoms with E-state index in [1.54, 1.807) is 0 Å². The molecule has 1 heteroatoms. The van der Waals surface area contributed by atoms with Gasteiger partial charge in [0, 0.05) is 5.54 Å². The summed E-state index contributed by atoms with van der Waals surface area (Å²) in [5, 5.41) is 0. The van der Waals surface area contributed by atoms with Gasteiger partial charge in [0.05, 0.1) is 0 Å². The lowest BCUT2D eigenvalue weighted by atomic mass is 9.73. The van der Waals surface area contributed by atoms with Crippen molar-refractivity contribution in [3.8, 4) is 0 Å². The Hall–Kier alpha value is -0.820. The van der Waals surface area contributed by atoms with Gasteiger partial charge in [0.1, 0.15) is 0 Å². The highest BCUT2D eigenvalue weighted by Gasteiger charge is 2.32. The van der Waals surface area contributed by atoms with Gasteiger partial charge in [-0.15, -0.1) is 0 Å². The van der Waals surface area contributed by atoms with Crippen LogP contribution in [-0.4, -0.2) is 0 Å². The van der Waals surface area contributed by atoms with Gasteiger partial charge in [-0.1, -0.05) is 65.2 Å². The summed E-state index contributed by atoms with van der Waals surface area (Å²) in [6.07, 6.45) is 6.20. The summed E-state index contributed by atoms with van der Waals surface area (Å²) < 4.78 is 0. The zero-order valence-corrected chi connectivity index (χ0v) is 13.0. The molecule has 0 spiro atoms. The largest absolute Gasteiger partial charge is 0.321 e. The molecule has 0 atom stereocenters. The van der Waals surface area contributed by atoms with Crippen molar-refractivity contribution < 1.29 is 0 Å². The second kappa shape index (κ2) is 5.66. The Bertz CT molecular complexity index is 425. The maximum atomic E-state index is 6.79. The number of hydrogen-bond donors (Lipinski definition) is 1. The molecule has 2 rings (SSSR count). The Morgan fingerprint density at radius 2 is 1.58 bits per heavy atom. The van der Waals surface area contributed by atoms with Crippen LogP contribution in [0.4, 0.5) is 0 Å². The fraction of sp³-hybridized carbons (Fsp3) is 0.667. The molecule has 19 heavy (non-hydrogen) atoms. The quantitative estimate of drug-likeness (QED) is 0.807. The molecule has 0 aromatic heterocycles. The van der Waals surface area contributed by atoms with Gasteiger partial charge in [-0.05, 0) is 41.4 Å². The maximum Gasteiger partial charge on any atom is 0.0412 e. The van der Waals surface area contributed by atoms with E-state index >= 15 is 0 Å². The van der Waals surface area contributed by atoms with Gasteiger partial charge in [0.25, 0.3) is 0 Å². The Morgan fingerprint density at radius 1 is 0.947 bits per heavy atom. The number of benzene rings is 1. The van der Waals surface area contributed by atoms with Gasteiger partial charge >= 0.3 is 0 Å². The van der Waals surface area contributed by atoms with Crippen LogP contribution in [0.25, 0.3) is 0 Å². The van der Waals surface area contributed by atoms with Crippen molar-refractivity contribution in [1.29, 1.82) is 0 Å². The fourth-order valence-electron chi connectivity index (χ4n) is 3.32. The van der Waals surface area contributed by atoms with Crippen LogP contribution < -0.4 is 5.73 Å². The molecular formula is C18H29N. The molecule has 0 amide bonds. The molecule has 2 N–H and O–H groups in total. The van der Waals surface area contributed by atoms with Crippen molar-refractivity contribution >= 4 is 0 Å². The van der Waals surface area contributed by atoms with Crippen LogP contribution in [0.1, 0.15) is 88.3 Å². The molecule has 0 bridgehead atoms. The minimum Gasteiger partial charge on any atom is -0.321 e. The third-order valence-corrected chi connectivity index (χ3v) is 4.65. The zero-order chi connectivity index (χ0) is 14.0. The van der Waals surface area contributed by atoms with Crippen molar-refractivity contribution in [2.24, 2.45) is 5.73 Å². The highest BCUT2D eigenvalue weighted by atomic mass is 14.7. The minimum atomic E-state index is -0.0806. The maximum absolute atomic E-state index is 6.79. The smallest absolute Gasteiger partial charge is 0.0412 e. The summed E-state index contributed by atoms with van der Waals surface area (Å²) in [4.78, 5) is 0. The van der Waals surface area contributed by atoms with Gasteiger partial charge in [-0.2, -0.15) is 0 Å². The SMILES string of the molecule is CC(C)c1ccc(C(C)C)c(C2(N)CCCCC2)c1. The van der Waals surface area contributed by atoms with E-state index in [0.717, 1.165) is 12.8 Å². The van der Waals surface area contributed by atoms with Crippen molar-refractivity contribution in [2.75, 3.05) is 0 Å². The van der Waals surface area contributed by atoms with Gasteiger partial charge < -0.3 is 5.73 Å².